The van der Waals surface area contributed by atoms with Gasteiger partial charge in [0.05, 0.1) is 12.2 Å². The Labute approximate surface area is 89.6 Å². The summed E-state index contributed by atoms with van der Waals surface area (Å²) in [5, 5.41) is 0. The summed E-state index contributed by atoms with van der Waals surface area (Å²) in [6.07, 6.45) is -0.517. The van der Waals surface area contributed by atoms with Crippen LogP contribution in [0.15, 0.2) is 11.3 Å². The Kier molecular flexibility index (Phi) is 5.44. The van der Waals surface area contributed by atoms with Crippen LogP contribution in [-0.2, 0) is 14.3 Å². The van der Waals surface area contributed by atoms with Gasteiger partial charge in [0.2, 0.25) is 0 Å². The van der Waals surface area contributed by atoms with E-state index in [1.54, 1.807) is 34.9 Å². The fourth-order valence-corrected chi connectivity index (χ4v) is 0.682. The lowest BCUT2D eigenvalue weighted by atomic mass is 10.3. The monoisotopic (exact) mass is 215 g/mol. The highest BCUT2D eigenvalue weighted by molar-refractivity contribution is 5.88. The molecule has 0 rings (SSSR count). The number of hydrogen-bond donors (Lipinski definition) is 0. The molecule has 1 amide bonds. The van der Waals surface area contributed by atoms with Crippen molar-refractivity contribution in [2.75, 3.05) is 20.7 Å². The summed E-state index contributed by atoms with van der Waals surface area (Å²) in [7, 11) is 3.13. The molecule has 0 radical (unpaired) electrons. The summed E-state index contributed by atoms with van der Waals surface area (Å²) in [5.74, 6) is -0.214. The van der Waals surface area contributed by atoms with Crippen LogP contribution >= 0.6 is 0 Å². The molecular formula is C10H17NO4. The van der Waals surface area contributed by atoms with Crippen molar-refractivity contribution in [3.05, 3.63) is 11.3 Å². The van der Waals surface area contributed by atoms with Crippen LogP contribution in [0.2, 0.25) is 0 Å². The second-order valence-electron chi connectivity index (χ2n) is 3.16. The van der Waals surface area contributed by atoms with Crippen LogP contribution in [-0.4, -0.2) is 37.7 Å². The van der Waals surface area contributed by atoms with E-state index < -0.39 is 12.1 Å². The molecule has 0 aliphatic rings. The number of hydrogen-bond acceptors (Lipinski definition) is 4. The minimum absolute atomic E-state index is 0.257. The molecule has 0 N–H and O–H groups in total. The molecule has 0 aromatic carbocycles. The summed E-state index contributed by atoms with van der Waals surface area (Å²) in [5.41, 5.74) is 0.298. The van der Waals surface area contributed by atoms with Gasteiger partial charge in [0.1, 0.15) is 5.76 Å². The molecule has 0 aromatic rings. The number of nitrogens with zero attached hydrogens (tertiary/aromatic N) is 1. The minimum atomic E-state index is -0.517. The summed E-state index contributed by atoms with van der Waals surface area (Å²) in [6.45, 7) is 5.11. The molecular weight excluding hydrogens is 198 g/mol. The molecule has 0 bridgehead atoms. The van der Waals surface area contributed by atoms with E-state index in [2.05, 4.69) is 0 Å². The fourth-order valence-electron chi connectivity index (χ4n) is 0.682. The Hall–Kier alpha value is -1.52. The van der Waals surface area contributed by atoms with E-state index in [4.69, 9.17) is 9.47 Å². The van der Waals surface area contributed by atoms with Crippen molar-refractivity contribution < 1.29 is 19.1 Å². The SMILES string of the molecule is CCOC(=O)/C(C)=C(\C)OC(=O)N(C)C. The second-order valence-corrected chi connectivity index (χ2v) is 3.16. The first kappa shape index (κ1) is 13.5. The van der Waals surface area contributed by atoms with E-state index in [0.29, 0.717) is 12.2 Å². The van der Waals surface area contributed by atoms with Crippen molar-refractivity contribution in [1.29, 1.82) is 0 Å². The summed E-state index contributed by atoms with van der Waals surface area (Å²) in [4.78, 5) is 23.7. The predicted octanol–water partition coefficient (Wildman–Crippen LogP) is 1.54. The number of esters is 1. The topological polar surface area (TPSA) is 55.8 Å². The van der Waals surface area contributed by atoms with E-state index >= 15 is 0 Å². The van der Waals surface area contributed by atoms with E-state index in [0.717, 1.165) is 0 Å². The summed E-state index contributed by atoms with van der Waals surface area (Å²) in [6, 6.07) is 0. The molecule has 0 unspecified atom stereocenters. The normalized spacial score (nSPS) is 11.5. The average molecular weight is 215 g/mol. The lowest BCUT2D eigenvalue weighted by molar-refractivity contribution is -0.138. The van der Waals surface area contributed by atoms with Crippen LogP contribution in [0.4, 0.5) is 4.79 Å². The number of carbonyl (C=O) groups excluding carboxylic acids is 2. The van der Waals surface area contributed by atoms with Gasteiger partial charge in [-0.2, -0.15) is 0 Å². The Bertz CT molecular complexity index is 281. The average Bonchev–Trinajstić information content (AvgIpc) is 2.16. The van der Waals surface area contributed by atoms with Crippen LogP contribution in [0.3, 0.4) is 0 Å². The first-order valence-electron chi connectivity index (χ1n) is 4.63. The van der Waals surface area contributed by atoms with Crippen LogP contribution in [0, 0.1) is 0 Å². The number of rotatable bonds is 3. The van der Waals surface area contributed by atoms with Crippen molar-refractivity contribution >= 4 is 12.1 Å². The van der Waals surface area contributed by atoms with Crippen molar-refractivity contribution in [2.24, 2.45) is 0 Å². The van der Waals surface area contributed by atoms with Crippen LogP contribution in [0.25, 0.3) is 0 Å². The molecule has 0 saturated heterocycles. The zero-order valence-electron chi connectivity index (χ0n) is 9.79. The Balaban J connectivity index is 4.51. The number of amides is 1. The van der Waals surface area contributed by atoms with Gasteiger partial charge < -0.3 is 14.4 Å². The van der Waals surface area contributed by atoms with Crippen LogP contribution in [0.5, 0.6) is 0 Å². The van der Waals surface area contributed by atoms with Gasteiger partial charge in [-0.3, -0.25) is 0 Å². The van der Waals surface area contributed by atoms with Crippen molar-refractivity contribution in [2.45, 2.75) is 20.8 Å². The molecule has 0 saturated carbocycles. The van der Waals surface area contributed by atoms with Gasteiger partial charge in [0.15, 0.2) is 0 Å². The van der Waals surface area contributed by atoms with Gasteiger partial charge in [-0.25, -0.2) is 9.59 Å². The third-order valence-corrected chi connectivity index (χ3v) is 1.72. The van der Waals surface area contributed by atoms with Crippen molar-refractivity contribution in [1.82, 2.24) is 4.90 Å². The third-order valence-electron chi connectivity index (χ3n) is 1.72. The maximum absolute atomic E-state index is 11.3. The summed E-state index contributed by atoms with van der Waals surface area (Å²) < 4.78 is 9.67. The maximum Gasteiger partial charge on any atom is 0.414 e. The molecule has 0 spiro atoms. The van der Waals surface area contributed by atoms with Gasteiger partial charge in [-0.05, 0) is 20.8 Å². The van der Waals surface area contributed by atoms with Crippen LogP contribution in [0.1, 0.15) is 20.8 Å². The molecule has 5 heteroatoms. The molecule has 0 heterocycles. The first-order valence-corrected chi connectivity index (χ1v) is 4.63. The molecule has 0 atom stereocenters. The highest BCUT2D eigenvalue weighted by atomic mass is 16.6. The van der Waals surface area contributed by atoms with Gasteiger partial charge in [-0.1, -0.05) is 0 Å². The van der Waals surface area contributed by atoms with Gasteiger partial charge >= 0.3 is 12.1 Å². The molecule has 0 aliphatic carbocycles. The number of ether oxygens (including phenoxy) is 2. The molecule has 15 heavy (non-hydrogen) atoms. The number of allylic oxidation sites excluding steroid dienone is 1. The van der Waals surface area contributed by atoms with Gasteiger partial charge in [0, 0.05) is 14.1 Å². The Morgan fingerprint density at radius 2 is 1.73 bits per heavy atom. The van der Waals surface area contributed by atoms with Gasteiger partial charge in [-0.15, -0.1) is 0 Å². The molecule has 0 aromatic heterocycles. The predicted molar refractivity (Wildman–Crippen MR) is 55.2 cm³/mol. The minimum Gasteiger partial charge on any atom is -0.463 e. The lowest BCUT2D eigenvalue weighted by Gasteiger charge is -2.12. The molecule has 0 fully saturated rings. The van der Waals surface area contributed by atoms with Gasteiger partial charge in [0.25, 0.3) is 0 Å². The molecule has 86 valence electrons. The third kappa shape index (κ3) is 4.49. The van der Waals surface area contributed by atoms with Crippen molar-refractivity contribution in [3.63, 3.8) is 0 Å². The fraction of sp³-hybridized carbons (Fsp3) is 0.600. The zero-order valence-corrected chi connectivity index (χ0v) is 9.79. The number of carbonyl (C=O) groups is 2. The highest BCUT2D eigenvalue weighted by Gasteiger charge is 2.13. The quantitative estimate of drug-likeness (QED) is 0.407. The summed E-state index contributed by atoms with van der Waals surface area (Å²) >= 11 is 0. The van der Waals surface area contributed by atoms with E-state index in [-0.39, 0.29) is 5.76 Å². The van der Waals surface area contributed by atoms with Crippen LogP contribution < -0.4 is 0 Å². The van der Waals surface area contributed by atoms with Crippen molar-refractivity contribution in [3.8, 4) is 0 Å². The highest BCUT2D eigenvalue weighted by Crippen LogP contribution is 2.08. The first-order chi connectivity index (χ1) is 6.90. The second kappa shape index (κ2) is 6.06. The largest absolute Gasteiger partial charge is 0.463 e. The van der Waals surface area contributed by atoms with E-state index in [1.165, 1.54) is 4.90 Å². The Morgan fingerprint density at radius 3 is 2.13 bits per heavy atom. The molecule has 5 nitrogen and oxygen atoms in total. The zero-order chi connectivity index (χ0) is 12.0. The van der Waals surface area contributed by atoms with E-state index in [9.17, 15) is 9.59 Å². The maximum atomic E-state index is 11.3. The smallest absolute Gasteiger partial charge is 0.414 e. The lowest BCUT2D eigenvalue weighted by Crippen LogP contribution is -2.23. The standard InChI is InChI=1S/C10H17NO4/c1-6-14-9(12)7(2)8(3)15-10(13)11(4)5/h6H2,1-5H3/b8-7+. The van der Waals surface area contributed by atoms with E-state index in [1.807, 2.05) is 0 Å². The Morgan fingerprint density at radius 1 is 1.20 bits per heavy atom. The molecule has 0 aliphatic heterocycles.